The lowest BCUT2D eigenvalue weighted by Crippen LogP contribution is -1.99. The molecule has 21 heavy (non-hydrogen) atoms. The van der Waals surface area contributed by atoms with Gasteiger partial charge in [-0.1, -0.05) is 0 Å². The third-order valence-corrected chi connectivity index (χ3v) is 3.18. The van der Waals surface area contributed by atoms with E-state index < -0.39 is 5.82 Å². The van der Waals surface area contributed by atoms with Crippen LogP contribution in [0.15, 0.2) is 36.4 Å². The summed E-state index contributed by atoms with van der Waals surface area (Å²) < 4.78 is 24.1. The number of nitrogens with zero attached hydrogens (tertiary/aromatic N) is 1. The summed E-state index contributed by atoms with van der Waals surface area (Å²) >= 11 is 5.88. The molecular formula is C16H13ClFNO2. The van der Waals surface area contributed by atoms with Gasteiger partial charge < -0.3 is 9.47 Å². The summed E-state index contributed by atoms with van der Waals surface area (Å²) in [6.45, 7) is 0.155. The number of hydrogen-bond acceptors (Lipinski definition) is 3. The largest absolute Gasteiger partial charge is 0.497 e. The molecule has 0 aliphatic rings. The van der Waals surface area contributed by atoms with Gasteiger partial charge in [0.1, 0.15) is 23.9 Å². The van der Waals surface area contributed by atoms with Crippen LogP contribution in [0, 0.1) is 17.1 Å². The van der Waals surface area contributed by atoms with Crippen molar-refractivity contribution in [2.24, 2.45) is 0 Å². The summed E-state index contributed by atoms with van der Waals surface area (Å²) in [5.74, 6) is 1.11. The molecule has 0 aromatic heterocycles. The lowest BCUT2D eigenvalue weighted by molar-refractivity contribution is 0.302. The van der Waals surface area contributed by atoms with Crippen LogP contribution in [0.1, 0.15) is 16.7 Å². The van der Waals surface area contributed by atoms with Crippen molar-refractivity contribution in [2.45, 2.75) is 12.5 Å². The molecule has 108 valence electrons. The van der Waals surface area contributed by atoms with Crippen LogP contribution in [-0.4, -0.2) is 7.11 Å². The molecule has 2 rings (SSSR count). The van der Waals surface area contributed by atoms with Crippen molar-refractivity contribution in [3.05, 3.63) is 58.9 Å². The molecule has 2 aromatic carbocycles. The van der Waals surface area contributed by atoms with Gasteiger partial charge in [-0.15, -0.1) is 11.6 Å². The summed E-state index contributed by atoms with van der Waals surface area (Å²) in [6, 6.07) is 11.3. The maximum Gasteiger partial charge on any atom is 0.124 e. The molecule has 0 amide bonds. The van der Waals surface area contributed by atoms with Gasteiger partial charge in [0.2, 0.25) is 0 Å². The minimum absolute atomic E-state index is 0.155. The number of nitriles is 1. The van der Waals surface area contributed by atoms with E-state index in [9.17, 15) is 4.39 Å². The summed E-state index contributed by atoms with van der Waals surface area (Å²) in [5.41, 5.74) is 1.64. The predicted molar refractivity (Wildman–Crippen MR) is 78.0 cm³/mol. The van der Waals surface area contributed by atoms with Crippen molar-refractivity contribution in [3.63, 3.8) is 0 Å². The number of benzene rings is 2. The van der Waals surface area contributed by atoms with Crippen molar-refractivity contribution in [2.75, 3.05) is 7.11 Å². The monoisotopic (exact) mass is 305 g/mol. The second kappa shape index (κ2) is 6.96. The van der Waals surface area contributed by atoms with Crippen LogP contribution in [-0.2, 0) is 12.5 Å². The van der Waals surface area contributed by atoms with E-state index in [1.165, 1.54) is 12.1 Å². The SMILES string of the molecule is COc1ccc(OCc2cc(F)cc(C#N)c2)c(CCl)c1. The van der Waals surface area contributed by atoms with Crippen LogP contribution in [0.4, 0.5) is 4.39 Å². The number of hydrogen-bond donors (Lipinski definition) is 0. The van der Waals surface area contributed by atoms with E-state index in [2.05, 4.69) is 0 Å². The van der Waals surface area contributed by atoms with E-state index in [1.807, 2.05) is 6.07 Å². The Bertz CT molecular complexity index is 682. The number of halogens is 2. The molecule has 0 radical (unpaired) electrons. The molecule has 3 nitrogen and oxygen atoms in total. The van der Waals surface area contributed by atoms with Gasteiger partial charge in [-0.05, 0) is 42.0 Å². The van der Waals surface area contributed by atoms with Crippen molar-refractivity contribution >= 4 is 11.6 Å². The zero-order chi connectivity index (χ0) is 15.2. The molecule has 0 heterocycles. The molecule has 0 saturated carbocycles. The Balaban J connectivity index is 2.16. The highest BCUT2D eigenvalue weighted by molar-refractivity contribution is 6.17. The van der Waals surface area contributed by atoms with Crippen molar-refractivity contribution in [1.82, 2.24) is 0 Å². The molecule has 0 aliphatic carbocycles. The number of methoxy groups -OCH3 is 1. The van der Waals surface area contributed by atoms with Gasteiger partial charge in [0.05, 0.1) is 24.6 Å². The molecule has 2 aromatic rings. The van der Waals surface area contributed by atoms with E-state index in [-0.39, 0.29) is 18.1 Å². The lowest BCUT2D eigenvalue weighted by Gasteiger charge is -2.11. The molecule has 5 heteroatoms. The van der Waals surface area contributed by atoms with Crippen LogP contribution < -0.4 is 9.47 Å². The first kappa shape index (κ1) is 15.1. The molecule has 0 bridgehead atoms. The molecular weight excluding hydrogens is 293 g/mol. The Morgan fingerprint density at radius 3 is 2.71 bits per heavy atom. The Morgan fingerprint density at radius 2 is 2.05 bits per heavy atom. The van der Waals surface area contributed by atoms with E-state index in [1.54, 1.807) is 31.4 Å². The fourth-order valence-electron chi connectivity index (χ4n) is 1.89. The topological polar surface area (TPSA) is 42.2 Å². The maximum atomic E-state index is 13.3. The normalized spacial score (nSPS) is 10.0. The average Bonchev–Trinajstić information content (AvgIpc) is 2.52. The third kappa shape index (κ3) is 3.87. The average molecular weight is 306 g/mol. The zero-order valence-electron chi connectivity index (χ0n) is 11.4. The lowest BCUT2D eigenvalue weighted by atomic mass is 10.1. The molecule has 0 N–H and O–H groups in total. The Morgan fingerprint density at radius 1 is 1.24 bits per heavy atom. The van der Waals surface area contributed by atoms with Gasteiger partial charge in [-0.25, -0.2) is 4.39 Å². The third-order valence-electron chi connectivity index (χ3n) is 2.89. The summed E-state index contributed by atoms with van der Waals surface area (Å²) in [7, 11) is 1.57. The Labute approximate surface area is 127 Å². The molecule has 0 atom stereocenters. The van der Waals surface area contributed by atoms with Crippen LogP contribution >= 0.6 is 11.6 Å². The van der Waals surface area contributed by atoms with E-state index in [0.717, 1.165) is 5.56 Å². The van der Waals surface area contributed by atoms with Gasteiger partial charge in [-0.3, -0.25) is 0 Å². The zero-order valence-corrected chi connectivity index (χ0v) is 12.2. The van der Waals surface area contributed by atoms with Crippen molar-refractivity contribution in [1.29, 1.82) is 5.26 Å². The van der Waals surface area contributed by atoms with Crippen molar-refractivity contribution < 1.29 is 13.9 Å². The minimum Gasteiger partial charge on any atom is -0.497 e. The van der Waals surface area contributed by atoms with Crippen LogP contribution in [0.25, 0.3) is 0 Å². The summed E-state index contributed by atoms with van der Waals surface area (Å²) in [4.78, 5) is 0. The van der Waals surface area contributed by atoms with Gasteiger partial charge in [0, 0.05) is 5.56 Å². The smallest absolute Gasteiger partial charge is 0.124 e. The maximum absolute atomic E-state index is 13.3. The fourth-order valence-corrected chi connectivity index (χ4v) is 2.10. The highest BCUT2D eigenvalue weighted by Gasteiger charge is 2.07. The predicted octanol–water partition coefficient (Wildman–Crippen LogP) is 4.02. The number of alkyl halides is 1. The second-order valence-corrected chi connectivity index (χ2v) is 4.62. The van der Waals surface area contributed by atoms with E-state index in [0.29, 0.717) is 17.1 Å². The fraction of sp³-hybridized carbons (Fsp3) is 0.188. The first-order valence-corrected chi connectivity index (χ1v) is 6.75. The van der Waals surface area contributed by atoms with Crippen LogP contribution in [0.5, 0.6) is 11.5 Å². The van der Waals surface area contributed by atoms with Gasteiger partial charge >= 0.3 is 0 Å². The van der Waals surface area contributed by atoms with E-state index >= 15 is 0 Å². The minimum atomic E-state index is -0.458. The van der Waals surface area contributed by atoms with Gasteiger partial charge in [0.15, 0.2) is 0 Å². The number of rotatable bonds is 5. The Hall–Kier alpha value is -2.25. The summed E-state index contributed by atoms with van der Waals surface area (Å²) in [6.07, 6.45) is 0. The number of ether oxygens (including phenoxy) is 2. The van der Waals surface area contributed by atoms with E-state index in [4.69, 9.17) is 26.3 Å². The molecule has 0 spiro atoms. The summed E-state index contributed by atoms with van der Waals surface area (Å²) in [5, 5.41) is 8.82. The first-order chi connectivity index (χ1) is 10.2. The molecule has 0 aliphatic heterocycles. The Kier molecular flexibility index (Phi) is 5.02. The highest BCUT2D eigenvalue weighted by atomic mass is 35.5. The van der Waals surface area contributed by atoms with Crippen LogP contribution in [0.2, 0.25) is 0 Å². The quantitative estimate of drug-likeness (QED) is 0.783. The molecule has 0 saturated heterocycles. The van der Waals surface area contributed by atoms with Crippen LogP contribution in [0.3, 0.4) is 0 Å². The molecule has 0 unspecified atom stereocenters. The second-order valence-electron chi connectivity index (χ2n) is 4.36. The van der Waals surface area contributed by atoms with Gasteiger partial charge in [-0.2, -0.15) is 5.26 Å². The highest BCUT2D eigenvalue weighted by Crippen LogP contribution is 2.26. The van der Waals surface area contributed by atoms with Gasteiger partial charge in [0.25, 0.3) is 0 Å². The van der Waals surface area contributed by atoms with Crippen molar-refractivity contribution in [3.8, 4) is 17.6 Å². The standard InChI is InChI=1S/C16H13ClFNO2/c1-20-15-2-3-16(13(7-15)8-17)21-10-12-4-11(9-19)5-14(18)6-12/h2-7H,8,10H2,1H3. The molecule has 0 fully saturated rings. The first-order valence-electron chi connectivity index (χ1n) is 6.21.